The van der Waals surface area contributed by atoms with E-state index in [9.17, 15) is 4.79 Å². The predicted octanol–water partition coefficient (Wildman–Crippen LogP) is 0.571. The van der Waals surface area contributed by atoms with Crippen LogP contribution in [0.2, 0.25) is 0 Å². The van der Waals surface area contributed by atoms with Gasteiger partial charge < -0.3 is 14.1 Å². The van der Waals surface area contributed by atoms with Gasteiger partial charge in [-0.3, -0.25) is 0 Å². The summed E-state index contributed by atoms with van der Waals surface area (Å²) in [6, 6.07) is 9.61. The Morgan fingerprint density at radius 2 is 2.12 bits per heavy atom. The SMILES string of the molecule is CCOC=c1[nH]c(=Cc2ccccc2)oc1=O. The Bertz CT molecular complexity index is 637. The second-order valence-corrected chi connectivity index (χ2v) is 3.42. The van der Waals surface area contributed by atoms with Crippen molar-refractivity contribution in [3.63, 3.8) is 0 Å². The Morgan fingerprint density at radius 1 is 1.35 bits per heavy atom. The number of nitrogens with one attached hydrogen (secondary N) is 1. The molecule has 0 unspecified atom stereocenters. The van der Waals surface area contributed by atoms with Crippen molar-refractivity contribution < 1.29 is 9.15 Å². The second kappa shape index (κ2) is 5.21. The van der Waals surface area contributed by atoms with Crippen LogP contribution in [-0.4, -0.2) is 11.6 Å². The third kappa shape index (κ3) is 2.87. The zero-order valence-electron chi connectivity index (χ0n) is 9.47. The number of hydrogen-bond donors (Lipinski definition) is 1. The molecule has 0 fully saturated rings. The van der Waals surface area contributed by atoms with Crippen molar-refractivity contribution in [2.75, 3.05) is 6.61 Å². The van der Waals surface area contributed by atoms with E-state index in [4.69, 9.17) is 9.15 Å². The molecule has 4 heteroatoms. The standard InChI is InChI=1S/C13H13NO3/c1-2-16-9-11-13(15)17-12(14-11)8-10-6-4-3-5-7-10/h3-9,14H,2H2,1H3. The molecular formula is C13H13NO3. The van der Waals surface area contributed by atoms with Crippen LogP contribution in [0.1, 0.15) is 12.5 Å². The summed E-state index contributed by atoms with van der Waals surface area (Å²) in [7, 11) is 0. The third-order valence-electron chi connectivity index (χ3n) is 2.15. The van der Waals surface area contributed by atoms with Crippen LogP contribution < -0.4 is 16.5 Å². The highest BCUT2D eigenvalue weighted by atomic mass is 16.5. The van der Waals surface area contributed by atoms with Crippen LogP contribution in [0.5, 0.6) is 0 Å². The summed E-state index contributed by atoms with van der Waals surface area (Å²) in [5, 5.41) is 0.314. The lowest BCUT2D eigenvalue weighted by atomic mass is 10.2. The van der Waals surface area contributed by atoms with Gasteiger partial charge in [-0.15, -0.1) is 0 Å². The van der Waals surface area contributed by atoms with Gasteiger partial charge >= 0.3 is 5.63 Å². The molecule has 1 heterocycles. The number of oxazole rings is 1. The lowest BCUT2D eigenvalue weighted by molar-refractivity contribution is 0.314. The minimum absolute atomic E-state index is 0.314. The summed E-state index contributed by atoms with van der Waals surface area (Å²) in [4.78, 5) is 14.3. The van der Waals surface area contributed by atoms with Crippen LogP contribution in [-0.2, 0) is 4.74 Å². The van der Waals surface area contributed by atoms with E-state index in [1.807, 2.05) is 37.3 Å². The third-order valence-corrected chi connectivity index (χ3v) is 2.15. The maximum Gasteiger partial charge on any atom is 0.364 e. The van der Waals surface area contributed by atoms with Gasteiger partial charge in [0.15, 0.2) is 5.35 Å². The van der Waals surface area contributed by atoms with Gasteiger partial charge in [0.2, 0.25) is 5.55 Å². The van der Waals surface area contributed by atoms with Crippen molar-refractivity contribution in [3.8, 4) is 0 Å². The number of rotatable bonds is 3. The molecule has 2 aromatic rings. The first-order chi connectivity index (χ1) is 8.29. The maximum absolute atomic E-state index is 11.4. The Balaban J connectivity index is 2.42. The van der Waals surface area contributed by atoms with Gasteiger partial charge in [-0.2, -0.15) is 0 Å². The molecule has 1 N–H and O–H groups in total. The molecule has 17 heavy (non-hydrogen) atoms. The molecule has 0 atom stereocenters. The van der Waals surface area contributed by atoms with Gasteiger partial charge in [0, 0.05) is 6.08 Å². The maximum atomic E-state index is 11.4. The van der Waals surface area contributed by atoms with Crippen LogP contribution in [0.3, 0.4) is 0 Å². The lowest BCUT2D eigenvalue weighted by Crippen LogP contribution is -2.21. The monoisotopic (exact) mass is 231 g/mol. The Kier molecular flexibility index (Phi) is 3.45. The van der Waals surface area contributed by atoms with Gasteiger partial charge in [0.25, 0.3) is 0 Å². The second-order valence-electron chi connectivity index (χ2n) is 3.42. The Hall–Kier alpha value is -2.23. The van der Waals surface area contributed by atoms with Crippen molar-refractivity contribution >= 4 is 12.3 Å². The van der Waals surface area contributed by atoms with Crippen molar-refractivity contribution in [1.82, 2.24) is 4.98 Å². The van der Waals surface area contributed by atoms with Crippen LogP contribution in [0.25, 0.3) is 12.3 Å². The van der Waals surface area contributed by atoms with E-state index in [-0.39, 0.29) is 0 Å². The summed E-state index contributed by atoms with van der Waals surface area (Å²) in [6.45, 7) is 2.36. The smallest absolute Gasteiger partial charge is 0.364 e. The highest BCUT2D eigenvalue weighted by Gasteiger charge is 1.95. The quantitative estimate of drug-likeness (QED) is 0.840. The minimum atomic E-state index is -0.430. The highest BCUT2D eigenvalue weighted by Crippen LogP contribution is 1.97. The van der Waals surface area contributed by atoms with E-state index in [0.717, 1.165) is 5.56 Å². The van der Waals surface area contributed by atoms with Crippen molar-refractivity contribution in [2.45, 2.75) is 6.92 Å². The first kappa shape index (κ1) is 11.3. The summed E-state index contributed by atoms with van der Waals surface area (Å²) in [5.41, 5.74) is 0.938. The molecule has 0 amide bonds. The largest absolute Gasteiger partial charge is 0.499 e. The van der Waals surface area contributed by atoms with E-state index >= 15 is 0 Å². The van der Waals surface area contributed by atoms with E-state index < -0.39 is 5.63 Å². The molecule has 4 nitrogen and oxygen atoms in total. The van der Waals surface area contributed by atoms with Crippen LogP contribution >= 0.6 is 0 Å². The number of H-pyrrole nitrogens is 1. The molecule has 0 aliphatic rings. The topological polar surface area (TPSA) is 55.2 Å². The van der Waals surface area contributed by atoms with Crippen molar-refractivity contribution in [3.05, 3.63) is 57.2 Å². The molecule has 0 saturated heterocycles. The average Bonchev–Trinajstić information content (AvgIpc) is 2.68. The zero-order chi connectivity index (χ0) is 12.1. The van der Waals surface area contributed by atoms with Crippen molar-refractivity contribution in [2.24, 2.45) is 0 Å². The van der Waals surface area contributed by atoms with E-state index in [0.29, 0.717) is 17.5 Å². The van der Waals surface area contributed by atoms with Gasteiger partial charge in [0.05, 0.1) is 6.61 Å². The van der Waals surface area contributed by atoms with Crippen LogP contribution in [0, 0.1) is 0 Å². The fraction of sp³-hybridized carbons (Fsp3) is 0.154. The minimum Gasteiger partial charge on any atom is -0.499 e. The molecule has 0 saturated carbocycles. The van der Waals surface area contributed by atoms with E-state index in [1.165, 1.54) is 6.26 Å². The number of aromatic amines is 1. The fourth-order valence-electron chi connectivity index (χ4n) is 1.37. The van der Waals surface area contributed by atoms with Gasteiger partial charge in [0.1, 0.15) is 6.26 Å². The Labute approximate surface area is 97.9 Å². The van der Waals surface area contributed by atoms with Gasteiger partial charge in [-0.25, -0.2) is 4.79 Å². The number of ether oxygens (including phenoxy) is 1. The number of hydrogen-bond acceptors (Lipinski definition) is 3. The molecule has 0 spiro atoms. The molecule has 2 rings (SSSR count). The molecule has 0 aliphatic heterocycles. The number of aromatic nitrogens is 1. The van der Waals surface area contributed by atoms with Crippen LogP contribution in [0.4, 0.5) is 0 Å². The molecule has 0 bridgehead atoms. The van der Waals surface area contributed by atoms with Crippen molar-refractivity contribution in [1.29, 1.82) is 0 Å². The molecule has 88 valence electrons. The highest BCUT2D eigenvalue weighted by molar-refractivity contribution is 5.46. The number of benzene rings is 1. The fourth-order valence-corrected chi connectivity index (χ4v) is 1.37. The summed E-state index contributed by atoms with van der Waals surface area (Å²) >= 11 is 0. The van der Waals surface area contributed by atoms with Crippen LogP contribution in [0.15, 0.2) is 39.5 Å². The first-order valence-electron chi connectivity index (χ1n) is 5.37. The van der Waals surface area contributed by atoms with Gasteiger partial charge in [-0.05, 0) is 12.5 Å². The molecular weight excluding hydrogens is 218 g/mol. The normalized spacial score (nSPS) is 13.0. The zero-order valence-corrected chi connectivity index (χ0v) is 9.47. The molecule has 1 aromatic carbocycles. The molecule has 0 aliphatic carbocycles. The summed E-state index contributed by atoms with van der Waals surface area (Å²) in [6.07, 6.45) is 3.12. The van der Waals surface area contributed by atoms with E-state index in [1.54, 1.807) is 6.08 Å². The Morgan fingerprint density at radius 3 is 2.82 bits per heavy atom. The predicted molar refractivity (Wildman–Crippen MR) is 64.7 cm³/mol. The van der Waals surface area contributed by atoms with E-state index in [2.05, 4.69) is 4.98 Å². The lowest BCUT2D eigenvalue weighted by Gasteiger charge is -1.88. The molecule has 1 aromatic heterocycles. The first-order valence-corrected chi connectivity index (χ1v) is 5.37. The summed E-state index contributed by atoms with van der Waals surface area (Å²) in [5.74, 6) is 0. The molecule has 0 radical (unpaired) electrons. The van der Waals surface area contributed by atoms with Gasteiger partial charge in [-0.1, -0.05) is 30.3 Å². The summed E-state index contributed by atoms with van der Waals surface area (Å²) < 4.78 is 10.1. The average molecular weight is 231 g/mol.